The first-order chi connectivity index (χ1) is 11.6. The summed E-state index contributed by atoms with van der Waals surface area (Å²) in [7, 11) is 0. The van der Waals surface area contributed by atoms with Gasteiger partial charge in [0.1, 0.15) is 0 Å². The third kappa shape index (κ3) is 4.47. The SMILES string of the molecule is CC(Sc1ccc(Br)cc1)C(=O)Nc1nc(-c2ccccc2)cs1. The Labute approximate surface area is 157 Å². The number of thioether (sulfide) groups is 1. The van der Waals surface area contributed by atoms with Gasteiger partial charge in [0.05, 0.1) is 10.9 Å². The molecule has 0 bridgehead atoms. The zero-order valence-corrected chi connectivity index (χ0v) is 16.1. The van der Waals surface area contributed by atoms with Crippen LogP contribution in [-0.2, 0) is 4.79 Å². The highest BCUT2D eigenvalue weighted by molar-refractivity contribution is 9.10. The number of halogens is 1. The van der Waals surface area contributed by atoms with Crippen molar-refractivity contribution in [2.45, 2.75) is 17.1 Å². The molecule has 1 atom stereocenters. The van der Waals surface area contributed by atoms with Gasteiger partial charge in [0, 0.05) is 20.3 Å². The minimum atomic E-state index is -0.199. The van der Waals surface area contributed by atoms with E-state index in [-0.39, 0.29) is 11.2 Å². The van der Waals surface area contributed by atoms with Gasteiger partial charge in [-0.05, 0) is 31.2 Å². The van der Waals surface area contributed by atoms with Gasteiger partial charge >= 0.3 is 0 Å². The molecule has 0 saturated carbocycles. The average molecular weight is 419 g/mol. The van der Waals surface area contributed by atoms with Gasteiger partial charge in [-0.1, -0.05) is 46.3 Å². The lowest BCUT2D eigenvalue weighted by Crippen LogP contribution is -2.22. The van der Waals surface area contributed by atoms with Crippen molar-refractivity contribution in [1.29, 1.82) is 0 Å². The van der Waals surface area contributed by atoms with Gasteiger partial charge in [-0.3, -0.25) is 4.79 Å². The summed E-state index contributed by atoms with van der Waals surface area (Å²) in [6.07, 6.45) is 0. The van der Waals surface area contributed by atoms with Gasteiger partial charge in [0.2, 0.25) is 5.91 Å². The van der Waals surface area contributed by atoms with E-state index in [0.717, 1.165) is 20.6 Å². The molecule has 0 aliphatic carbocycles. The summed E-state index contributed by atoms with van der Waals surface area (Å²) >= 11 is 6.38. The molecule has 1 amide bonds. The summed E-state index contributed by atoms with van der Waals surface area (Å²) in [5, 5.41) is 5.29. The quantitative estimate of drug-likeness (QED) is 0.540. The number of benzene rings is 2. The van der Waals surface area contributed by atoms with Crippen molar-refractivity contribution in [2.24, 2.45) is 0 Å². The van der Waals surface area contributed by atoms with Crippen LogP contribution in [0.4, 0.5) is 5.13 Å². The number of nitrogens with zero attached hydrogens (tertiary/aromatic N) is 1. The Morgan fingerprint density at radius 3 is 2.58 bits per heavy atom. The number of thiazole rings is 1. The molecule has 1 heterocycles. The fraction of sp³-hybridized carbons (Fsp3) is 0.111. The highest BCUT2D eigenvalue weighted by atomic mass is 79.9. The molecule has 1 unspecified atom stereocenters. The molecule has 0 fully saturated rings. The lowest BCUT2D eigenvalue weighted by atomic mass is 10.2. The maximum absolute atomic E-state index is 12.4. The highest BCUT2D eigenvalue weighted by Crippen LogP contribution is 2.28. The topological polar surface area (TPSA) is 42.0 Å². The van der Waals surface area contributed by atoms with Crippen molar-refractivity contribution in [2.75, 3.05) is 5.32 Å². The molecule has 0 saturated heterocycles. The maximum atomic E-state index is 12.4. The van der Waals surface area contributed by atoms with Crippen molar-refractivity contribution >= 4 is 50.1 Å². The summed E-state index contributed by atoms with van der Waals surface area (Å²) < 4.78 is 1.03. The standard InChI is InChI=1S/C18H15BrN2OS2/c1-12(24-15-9-7-14(19)8-10-15)17(22)21-18-20-16(11-23-18)13-5-3-2-4-6-13/h2-12H,1H3,(H,20,21,22). The zero-order valence-electron chi connectivity index (χ0n) is 12.9. The minimum absolute atomic E-state index is 0.0446. The third-order valence-corrected chi connectivity index (χ3v) is 5.70. The van der Waals surface area contributed by atoms with Crippen molar-refractivity contribution in [1.82, 2.24) is 4.98 Å². The smallest absolute Gasteiger partial charge is 0.239 e. The summed E-state index contributed by atoms with van der Waals surface area (Å²) in [5.74, 6) is -0.0446. The highest BCUT2D eigenvalue weighted by Gasteiger charge is 2.16. The van der Waals surface area contributed by atoms with E-state index in [0.29, 0.717) is 5.13 Å². The van der Waals surface area contributed by atoms with Crippen LogP contribution in [-0.4, -0.2) is 16.1 Å². The van der Waals surface area contributed by atoms with Crippen LogP contribution < -0.4 is 5.32 Å². The largest absolute Gasteiger partial charge is 0.301 e. The number of aromatic nitrogens is 1. The molecule has 1 N–H and O–H groups in total. The Hall–Kier alpha value is -1.63. The fourth-order valence-corrected chi connectivity index (χ4v) is 3.90. The predicted octanol–water partition coefficient (Wildman–Crippen LogP) is 5.69. The van der Waals surface area contributed by atoms with Gasteiger partial charge in [0.25, 0.3) is 0 Å². The Morgan fingerprint density at radius 1 is 1.17 bits per heavy atom. The van der Waals surface area contributed by atoms with Crippen LogP contribution in [0.15, 0.2) is 69.3 Å². The molecule has 0 aliphatic heterocycles. The number of carbonyl (C=O) groups excluding carboxylic acids is 1. The number of anilines is 1. The Morgan fingerprint density at radius 2 is 1.88 bits per heavy atom. The van der Waals surface area contributed by atoms with Crippen molar-refractivity contribution in [3.05, 3.63) is 64.5 Å². The molecule has 1 aromatic heterocycles. The fourth-order valence-electron chi connectivity index (χ4n) is 2.05. The van der Waals surface area contributed by atoms with E-state index in [1.165, 1.54) is 23.1 Å². The summed E-state index contributed by atoms with van der Waals surface area (Å²) in [6.45, 7) is 1.90. The Kier molecular flexibility index (Phi) is 5.71. The van der Waals surface area contributed by atoms with Crippen molar-refractivity contribution in [3.63, 3.8) is 0 Å². The van der Waals surface area contributed by atoms with E-state index < -0.39 is 0 Å². The normalized spacial score (nSPS) is 11.9. The number of hydrogen-bond donors (Lipinski definition) is 1. The lowest BCUT2D eigenvalue weighted by Gasteiger charge is -2.10. The van der Waals surface area contributed by atoms with Gasteiger partial charge in [-0.25, -0.2) is 4.98 Å². The second kappa shape index (κ2) is 7.96. The Balaban J connectivity index is 1.62. The molecule has 0 aliphatic rings. The summed E-state index contributed by atoms with van der Waals surface area (Å²) in [4.78, 5) is 17.9. The van der Waals surface area contributed by atoms with E-state index in [1.807, 2.05) is 66.9 Å². The van der Waals surface area contributed by atoms with Gasteiger partial charge in [-0.2, -0.15) is 0 Å². The lowest BCUT2D eigenvalue weighted by molar-refractivity contribution is -0.115. The second-order valence-electron chi connectivity index (χ2n) is 5.11. The molecule has 0 spiro atoms. The van der Waals surface area contributed by atoms with Crippen LogP contribution in [0.3, 0.4) is 0 Å². The van der Waals surface area contributed by atoms with Crippen molar-refractivity contribution in [3.8, 4) is 11.3 Å². The van der Waals surface area contributed by atoms with Crippen LogP contribution >= 0.6 is 39.0 Å². The van der Waals surface area contributed by atoms with Crippen LogP contribution in [0, 0.1) is 0 Å². The first kappa shape index (κ1) is 17.2. The van der Waals surface area contributed by atoms with E-state index in [1.54, 1.807) is 0 Å². The molecular formula is C18H15BrN2OS2. The Bertz CT molecular complexity index is 819. The molecule has 0 radical (unpaired) electrons. The molecule has 6 heteroatoms. The molecular weight excluding hydrogens is 404 g/mol. The minimum Gasteiger partial charge on any atom is -0.301 e. The van der Waals surface area contributed by atoms with Crippen LogP contribution in [0.25, 0.3) is 11.3 Å². The van der Waals surface area contributed by atoms with E-state index >= 15 is 0 Å². The van der Waals surface area contributed by atoms with E-state index in [9.17, 15) is 4.79 Å². The summed E-state index contributed by atoms with van der Waals surface area (Å²) in [6, 6.07) is 17.9. The van der Waals surface area contributed by atoms with Gasteiger partial charge < -0.3 is 5.32 Å². The van der Waals surface area contributed by atoms with E-state index in [2.05, 4.69) is 26.2 Å². The van der Waals surface area contributed by atoms with E-state index in [4.69, 9.17) is 0 Å². The number of nitrogens with one attached hydrogen (secondary N) is 1. The number of amides is 1. The molecule has 3 nitrogen and oxygen atoms in total. The van der Waals surface area contributed by atoms with Crippen molar-refractivity contribution < 1.29 is 4.79 Å². The first-order valence-corrected chi connectivity index (χ1v) is 9.91. The molecule has 3 rings (SSSR count). The third-order valence-electron chi connectivity index (χ3n) is 3.30. The molecule has 2 aromatic carbocycles. The van der Waals surface area contributed by atoms with Crippen LogP contribution in [0.5, 0.6) is 0 Å². The van der Waals surface area contributed by atoms with Crippen LogP contribution in [0.2, 0.25) is 0 Å². The van der Waals surface area contributed by atoms with Gasteiger partial charge in [0.15, 0.2) is 5.13 Å². The summed E-state index contributed by atoms with van der Waals surface area (Å²) in [5.41, 5.74) is 1.93. The number of carbonyl (C=O) groups is 1. The number of hydrogen-bond acceptors (Lipinski definition) is 4. The maximum Gasteiger partial charge on any atom is 0.239 e. The molecule has 24 heavy (non-hydrogen) atoms. The number of rotatable bonds is 5. The molecule has 3 aromatic rings. The van der Waals surface area contributed by atoms with Gasteiger partial charge in [-0.15, -0.1) is 23.1 Å². The predicted molar refractivity (Wildman–Crippen MR) is 106 cm³/mol. The average Bonchev–Trinajstić information content (AvgIpc) is 3.06. The zero-order chi connectivity index (χ0) is 16.9. The first-order valence-electron chi connectivity index (χ1n) is 7.36. The van der Waals surface area contributed by atoms with Crippen LogP contribution in [0.1, 0.15) is 6.92 Å². The monoisotopic (exact) mass is 418 g/mol. The second-order valence-corrected chi connectivity index (χ2v) is 8.30. The molecule has 122 valence electrons.